The van der Waals surface area contributed by atoms with Crippen molar-refractivity contribution < 1.29 is 10.2 Å². The molecule has 1 rings (SSSR count). The Balaban J connectivity index is 2.25. The van der Waals surface area contributed by atoms with E-state index in [1.165, 1.54) is 6.33 Å². The van der Waals surface area contributed by atoms with E-state index in [4.69, 9.17) is 10.2 Å². The average molecular weight is 200 g/mol. The van der Waals surface area contributed by atoms with E-state index >= 15 is 0 Å². The van der Waals surface area contributed by atoms with Crippen molar-refractivity contribution in [3.05, 3.63) is 12.7 Å². The summed E-state index contributed by atoms with van der Waals surface area (Å²) in [5.74, 6) is 0. The molecule has 1 aromatic heterocycles. The number of rotatable bonds is 7. The third-order valence-electron chi connectivity index (χ3n) is 1.94. The highest BCUT2D eigenvalue weighted by Crippen LogP contribution is 1.89. The first kappa shape index (κ1) is 11.1. The van der Waals surface area contributed by atoms with Crippen molar-refractivity contribution in [2.45, 2.75) is 6.54 Å². The van der Waals surface area contributed by atoms with Crippen molar-refractivity contribution in [1.29, 1.82) is 0 Å². The van der Waals surface area contributed by atoms with Gasteiger partial charge in [0.2, 0.25) is 0 Å². The molecule has 0 bridgehead atoms. The number of nitrogens with zero attached hydrogens (tertiary/aromatic N) is 4. The van der Waals surface area contributed by atoms with Gasteiger partial charge < -0.3 is 10.2 Å². The van der Waals surface area contributed by atoms with Crippen molar-refractivity contribution in [1.82, 2.24) is 19.7 Å². The molecule has 1 aromatic rings. The molecule has 0 unspecified atom stereocenters. The SMILES string of the molecule is OCCN(CCO)CCn1cncn1. The van der Waals surface area contributed by atoms with E-state index in [1.807, 2.05) is 4.90 Å². The summed E-state index contributed by atoms with van der Waals surface area (Å²) in [6, 6.07) is 0. The molecule has 0 fully saturated rings. The van der Waals surface area contributed by atoms with E-state index in [1.54, 1.807) is 11.0 Å². The van der Waals surface area contributed by atoms with Crippen LogP contribution in [-0.2, 0) is 6.54 Å². The molecule has 0 aliphatic heterocycles. The summed E-state index contributed by atoms with van der Waals surface area (Å²) in [5.41, 5.74) is 0. The van der Waals surface area contributed by atoms with Crippen LogP contribution in [0.1, 0.15) is 0 Å². The molecular weight excluding hydrogens is 184 g/mol. The van der Waals surface area contributed by atoms with Gasteiger partial charge in [0.15, 0.2) is 0 Å². The smallest absolute Gasteiger partial charge is 0.137 e. The molecule has 0 spiro atoms. The van der Waals surface area contributed by atoms with E-state index in [9.17, 15) is 0 Å². The summed E-state index contributed by atoms with van der Waals surface area (Å²) >= 11 is 0. The fourth-order valence-electron chi connectivity index (χ4n) is 1.21. The van der Waals surface area contributed by atoms with Crippen molar-refractivity contribution >= 4 is 0 Å². The maximum absolute atomic E-state index is 8.76. The van der Waals surface area contributed by atoms with Crippen LogP contribution in [0.4, 0.5) is 0 Å². The molecule has 0 amide bonds. The minimum absolute atomic E-state index is 0.108. The van der Waals surface area contributed by atoms with E-state index < -0.39 is 0 Å². The predicted molar refractivity (Wildman–Crippen MR) is 50.6 cm³/mol. The molecule has 0 aromatic carbocycles. The monoisotopic (exact) mass is 200 g/mol. The van der Waals surface area contributed by atoms with Crippen LogP contribution in [-0.4, -0.2) is 62.7 Å². The Morgan fingerprint density at radius 1 is 1.14 bits per heavy atom. The van der Waals surface area contributed by atoms with E-state index in [2.05, 4.69) is 10.1 Å². The quantitative estimate of drug-likeness (QED) is 0.564. The lowest BCUT2D eigenvalue weighted by molar-refractivity contribution is 0.156. The fraction of sp³-hybridized carbons (Fsp3) is 0.750. The van der Waals surface area contributed by atoms with Gasteiger partial charge in [-0.05, 0) is 0 Å². The van der Waals surface area contributed by atoms with Crippen molar-refractivity contribution in [3.8, 4) is 0 Å². The minimum Gasteiger partial charge on any atom is -0.395 e. The van der Waals surface area contributed by atoms with E-state index in [-0.39, 0.29) is 13.2 Å². The van der Waals surface area contributed by atoms with Crippen LogP contribution >= 0.6 is 0 Å². The summed E-state index contributed by atoms with van der Waals surface area (Å²) < 4.78 is 1.72. The predicted octanol–water partition coefficient (Wildman–Crippen LogP) is -1.44. The lowest BCUT2D eigenvalue weighted by Gasteiger charge is -2.19. The minimum atomic E-state index is 0.108. The molecule has 0 radical (unpaired) electrons. The Bertz CT molecular complexity index is 221. The van der Waals surface area contributed by atoms with E-state index in [0.717, 1.165) is 13.1 Å². The van der Waals surface area contributed by atoms with Crippen LogP contribution in [0.5, 0.6) is 0 Å². The standard InChI is InChI=1S/C8H16N4O2/c13-5-3-11(4-6-14)1-2-12-8-9-7-10-12/h7-8,13-14H,1-6H2. The molecule has 6 nitrogen and oxygen atoms in total. The van der Waals surface area contributed by atoms with Gasteiger partial charge >= 0.3 is 0 Å². The van der Waals surface area contributed by atoms with Crippen LogP contribution in [0.25, 0.3) is 0 Å². The Labute approximate surface area is 82.8 Å². The largest absolute Gasteiger partial charge is 0.395 e. The fourth-order valence-corrected chi connectivity index (χ4v) is 1.21. The molecule has 0 atom stereocenters. The zero-order valence-corrected chi connectivity index (χ0v) is 8.08. The van der Waals surface area contributed by atoms with E-state index in [0.29, 0.717) is 13.1 Å². The Hall–Kier alpha value is -0.980. The third kappa shape index (κ3) is 3.82. The first-order valence-corrected chi connectivity index (χ1v) is 4.63. The van der Waals surface area contributed by atoms with Crippen molar-refractivity contribution in [3.63, 3.8) is 0 Å². The van der Waals surface area contributed by atoms with Gasteiger partial charge in [-0.2, -0.15) is 5.10 Å². The molecule has 0 saturated carbocycles. The Morgan fingerprint density at radius 3 is 2.36 bits per heavy atom. The summed E-state index contributed by atoms with van der Waals surface area (Å²) in [6.07, 6.45) is 3.14. The van der Waals surface area contributed by atoms with Crippen molar-refractivity contribution in [2.75, 3.05) is 32.8 Å². The lowest BCUT2D eigenvalue weighted by Crippen LogP contribution is -2.32. The maximum atomic E-state index is 8.76. The number of hydrogen-bond donors (Lipinski definition) is 2. The molecule has 0 saturated heterocycles. The van der Waals surface area contributed by atoms with Crippen molar-refractivity contribution in [2.24, 2.45) is 0 Å². The van der Waals surface area contributed by atoms with Gasteiger partial charge in [-0.3, -0.25) is 9.58 Å². The Kier molecular flexibility index (Phi) is 5.13. The highest BCUT2D eigenvalue weighted by molar-refractivity contribution is 4.60. The number of hydrogen-bond acceptors (Lipinski definition) is 5. The summed E-state index contributed by atoms with van der Waals surface area (Å²) in [4.78, 5) is 5.80. The molecular formula is C8H16N4O2. The summed E-state index contributed by atoms with van der Waals surface area (Å²) in [6.45, 7) is 2.85. The third-order valence-corrected chi connectivity index (χ3v) is 1.94. The van der Waals surface area contributed by atoms with Gasteiger partial charge in [-0.25, -0.2) is 4.98 Å². The number of aromatic nitrogens is 3. The lowest BCUT2D eigenvalue weighted by atomic mass is 10.4. The molecule has 80 valence electrons. The first-order chi connectivity index (χ1) is 6.86. The zero-order chi connectivity index (χ0) is 10.2. The summed E-state index contributed by atoms with van der Waals surface area (Å²) in [5, 5.41) is 21.5. The van der Waals surface area contributed by atoms with Crippen LogP contribution in [0.3, 0.4) is 0 Å². The van der Waals surface area contributed by atoms with Gasteiger partial charge in [-0.1, -0.05) is 0 Å². The molecule has 0 aliphatic rings. The second kappa shape index (κ2) is 6.47. The van der Waals surface area contributed by atoms with Gasteiger partial charge in [0, 0.05) is 19.6 Å². The second-order valence-corrected chi connectivity index (χ2v) is 2.95. The first-order valence-electron chi connectivity index (χ1n) is 4.63. The van der Waals surface area contributed by atoms with Gasteiger partial charge in [0.25, 0.3) is 0 Å². The Morgan fingerprint density at radius 2 is 1.86 bits per heavy atom. The summed E-state index contributed by atoms with van der Waals surface area (Å²) in [7, 11) is 0. The van der Waals surface area contributed by atoms with Crippen LogP contribution in [0, 0.1) is 0 Å². The number of aliphatic hydroxyl groups excluding tert-OH is 2. The molecule has 6 heteroatoms. The van der Waals surface area contributed by atoms with Gasteiger partial charge in [0.05, 0.1) is 19.8 Å². The number of aliphatic hydroxyl groups is 2. The maximum Gasteiger partial charge on any atom is 0.137 e. The molecule has 2 N–H and O–H groups in total. The van der Waals surface area contributed by atoms with Crippen LogP contribution in [0.2, 0.25) is 0 Å². The zero-order valence-electron chi connectivity index (χ0n) is 8.08. The van der Waals surface area contributed by atoms with Gasteiger partial charge in [-0.15, -0.1) is 0 Å². The molecule has 14 heavy (non-hydrogen) atoms. The molecule has 0 aliphatic carbocycles. The van der Waals surface area contributed by atoms with Gasteiger partial charge in [0.1, 0.15) is 12.7 Å². The topological polar surface area (TPSA) is 74.4 Å². The normalized spacial score (nSPS) is 11.1. The van der Waals surface area contributed by atoms with Crippen LogP contribution < -0.4 is 0 Å². The average Bonchev–Trinajstić information content (AvgIpc) is 2.67. The second-order valence-electron chi connectivity index (χ2n) is 2.95. The van der Waals surface area contributed by atoms with Crippen LogP contribution in [0.15, 0.2) is 12.7 Å². The highest BCUT2D eigenvalue weighted by atomic mass is 16.3. The highest BCUT2D eigenvalue weighted by Gasteiger charge is 2.03. The molecule has 1 heterocycles.